The third-order valence-electron chi connectivity index (χ3n) is 2.74. The van der Waals surface area contributed by atoms with Crippen molar-refractivity contribution in [2.24, 2.45) is 0 Å². The molecule has 2 aliphatic heterocycles. The van der Waals surface area contributed by atoms with E-state index < -0.39 is 72.1 Å². The van der Waals surface area contributed by atoms with Gasteiger partial charge >= 0.3 is 0 Å². The van der Waals surface area contributed by atoms with Gasteiger partial charge in [0.15, 0.2) is 0 Å². The summed E-state index contributed by atoms with van der Waals surface area (Å²) in [5.41, 5.74) is 3.85. The summed E-state index contributed by atoms with van der Waals surface area (Å²) >= 11 is 0. The number of nitrogens with zero attached hydrogens (tertiary/aromatic N) is 1. The van der Waals surface area contributed by atoms with E-state index in [9.17, 15) is 9.59 Å². The van der Waals surface area contributed by atoms with Crippen LogP contribution < -0.4 is 11.1 Å². The summed E-state index contributed by atoms with van der Waals surface area (Å²) in [6, 6.07) is -5.18. The van der Waals surface area contributed by atoms with Crippen molar-refractivity contribution < 1.29 is 20.6 Å². The van der Waals surface area contributed by atoms with Crippen LogP contribution in [0.4, 0.5) is 5.69 Å². The first-order chi connectivity index (χ1) is 12.2. The normalized spacial score (nSPS) is 37.7. The van der Waals surface area contributed by atoms with Crippen LogP contribution in [-0.4, -0.2) is 22.7 Å². The van der Waals surface area contributed by atoms with Crippen molar-refractivity contribution in [1.82, 2.24) is 10.2 Å². The molecule has 0 unspecified atom stereocenters. The number of benzene rings is 1. The first kappa shape index (κ1) is 5.77. The number of fused-ring (bicyclic) bond motifs is 1. The first-order valence-electron chi connectivity index (χ1n) is 9.43. The van der Waals surface area contributed by atoms with Gasteiger partial charge in [-0.2, -0.15) is 0 Å². The van der Waals surface area contributed by atoms with E-state index in [-0.39, 0.29) is 10.6 Å². The Kier molecular flexibility index (Phi) is 1.25. The lowest BCUT2D eigenvalue weighted by Crippen LogP contribution is -2.49. The number of nitrogens with one attached hydrogen (secondary N) is 1. The van der Waals surface area contributed by atoms with E-state index in [1.165, 1.54) is 0 Å². The zero-order valence-corrected chi connectivity index (χ0v) is 9.76. The van der Waals surface area contributed by atoms with E-state index >= 15 is 0 Å². The van der Waals surface area contributed by atoms with Crippen molar-refractivity contribution in [2.75, 3.05) is 5.73 Å². The van der Waals surface area contributed by atoms with Gasteiger partial charge in [0.05, 0.1) is 8.22 Å². The molecule has 0 spiro atoms. The number of hydrogen-bond acceptors (Lipinski definition) is 3. The Labute approximate surface area is 122 Å². The van der Waals surface area contributed by atoms with Gasteiger partial charge in [-0.25, -0.2) is 0 Å². The number of carbonyl (C=O) groups is 2. The van der Waals surface area contributed by atoms with Gasteiger partial charge in [0.1, 0.15) is 6.02 Å². The second-order valence-corrected chi connectivity index (χ2v) is 4.05. The lowest BCUT2D eigenvalue weighted by molar-refractivity contribution is -0.126. The van der Waals surface area contributed by atoms with Gasteiger partial charge in [0.25, 0.3) is 5.91 Å². The second-order valence-electron chi connectivity index (χ2n) is 4.05. The third kappa shape index (κ3) is 1.78. The lowest BCUT2D eigenvalue weighted by atomic mass is 10.0. The highest BCUT2D eigenvalue weighted by atomic mass is 16.2. The first-order valence-corrected chi connectivity index (χ1v) is 5.43. The van der Waals surface area contributed by atoms with Crippen molar-refractivity contribution in [3.05, 3.63) is 41.5 Å². The van der Waals surface area contributed by atoms with Gasteiger partial charge in [0.2, 0.25) is 5.91 Å². The number of amides is 2. The fourth-order valence-corrected chi connectivity index (χ4v) is 1.84. The molecule has 2 heterocycles. The third-order valence-corrected chi connectivity index (χ3v) is 2.74. The molecule has 19 heavy (non-hydrogen) atoms. The largest absolute Gasteiger partial charge is 0.398 e. The van der Waals surface area contributed by atoms with Crippen LogP contribution in [0.3, 0.4) is 0 Å². The van der Waals surface area contributed by atoms with Gasteiger partial charge in [-0.15, -0.1) is 0 Å². The quantitative estimate of drug-likeness (QED) is 0.744. The number of hydrogen-bond donors (Lipinski definition) is 2. The summed E-state index contributed by atoms with van der Waals surface area (Å²) in [6.07, 6.45) is -3.24. The molecule has 2 amide bonds. The van der Waals surface area contributed by atoms with Crippen LogP contribution in [0.5, 0.6) is 0 Å². The van der Waals surface area contributed by atoms with Crippen molar-refractivity contribution in [3.63, 3.8) is 0 Å². The smallest absolute Gasteiger partial charge is 0.255 e. The van der Waals surface area contributed by atoms with E-state index in [0.29, 0.717) is 0 Å². The summed E-state index contributed by atoms with van der Waals surface area (Å²) in [5.74, 6) is -2.61. The van der Waals surface area contributed by atoms with E-state index in [0.717, 1.165) is 0 Å². The predicted molar refractivity (Wildman–Crippen MR) is 71.0 cm³/mol. The molecule has 2 aliphatic rings. The Balaban J connectivity index is 2.32. The van der Waals surface area contributed by atoms with Gasteiger partial charge in [-0.3, -0.25) is 9.59 Å². The Morgan fingerprint density at radius 1 is 1.58 bits per heavy atom. The summed E-state index contributed by atoms with van der Waals surface area (Å²) in [6.45, 7) is 0.489. The lowest BCUT2D eigenvalue weighted by Gasteiger charge is -2.30. The summed E-state index contributed by atoms with van der Waals surface area (Å²) in [4.78, 5) is 25.5. The molecule has 5 nitrogen and oxygen atoms in total. The topological polar surface area (TPSA) is 75.4 Å². The van der Waals surface area contributed by atoms with Gasteiger partial charge in [-0.05, 0) is 24.9 Å². The Hall–Kier alpha value is -2.30. The molecule has 3 N–H and O–H groups in total. The van der Waals surface area contributed by atoms with Crippen LogP contribution in [0.1, 0.15) is 39.7 Å². The number of anilines is 1. The van der Waals surface area contributed by atoms with Crippen molar-refractivity contribution >= 4 is 17.5 Å². The molecule has 1 fully saturated rings. The summed E-state index contributed by atoms with van der Waals surface area (Å²) < 4.78 is 64.7. The average molecular weight is 265 g/mol. The predicted octanol–water partition coefficient (Wildman–Crippen LogP) is 1.02. The monoisotopic (exact) mass is 265 g/mol. The minimum atomic E-state index is -3.03. The SMILES string of the molecule is [2H]c1c([2H])c(N)c2c(c1[2H])C(=O)N([C@@]1([2H])C(=O)NC(=C)CC1([2H])[2H])C2([2H])[2H]. The highest BCUT2D eigenvalue weighted by Gasteiger charge is 2.38. The van der Waals surface area contributed by atoms with E-state index in [1.807, 2.05) is 0 Å². The number of allylic oxidation sites excluding steroid dienone is 1. The van der Waals surface area contributed by atoms with Crippen LogP contribution in [0.25, 0.3) is 0 Å². The molecule has 0 bridgehead atoms. The Morgan fingerprint density at radius 2 is 2.37 bits per heavy atom. The summed E-state index contributed by atoms with van der Waals surface area (Å²) in [5, 5.41) is 2.17. The molecular weight excluding hydrogens is 242 g/mol. The van der Waals surface area contributed by atoms with Crippen LogP contribution in [0.15, 0.2) is 30.4 Å². The highest BCUT2D eigenvalue weighted by molar-refractivity contribution is 6.02. The minimum Gasteiger partial charge on any atom is -0.398 e. The molecule has 1 aromatic carbocycles. The fraction of sp³-hybridized carbons (Fsp3) is 0.286. The molecular formula is C14H15N3O2. The molecule has 0 radical (unpaired) electrons. The molecule has 0 saturated carbocycles. The number of rotatable bonds is 1. The van der Waals surface area contributed by atoms with Gasteiger partial charge < -0.3 is 16.0 Å². The van der Waals surface area contributed by atoms with Crippen LogP contribution in [0.2, 0.25) is 0 Å². The molecule has 98 valence electrons. The molecule has 1 atom stereocenters. The van der Waals surface area contributed by atoms with E-state index in [2.05, 4.69) is 11.9 Å². The zero-order valence-electron chi connectivity index (χ0n) is 17.8. The van der Waals surface area contributed by atoms with E-state index in [4.69, 9.17) is 16.7 Å². The van der Waals surface area contributed by atoms with Crippen molar-refractivity contribution in [2.45, 2.75) is 25.3 Å². The van der Waals surface area contributed by atoms with Crippen LogP contribution in [-0.2, 0) is 11.3 Å². The van der Waals surface area contributed by atoms with Gasteiger partial charge in [-0.1, -0.05) is 12.6 Å². The average Bonchev–Trinajstić information content (AvgIpc) is 2.74. The second kappa shape index (κ2) is 4.12. The number of nitrogen functional groups attached to an aromatic ring is 1. The molecule has 1 aromatic rings. The molecule has 1 saturated heterocycles. The maximum Gasteiger partial charge on any atom is 0.255 e. The molecule has 5 heteroatoms. The van der Waals surface area contributed by atoms with Gasteiger partial charge in [0, 0.05) is 31.7 Å². The number of carbonyl (C=O) groups excluding carboxylic acids is 2. The Morgan fingerprint density at radius 3 is 3.11 bits per heavy atom. The maximum absolute atomic E-state index is 12.9. The molecule has 0 aliphatic carbocycles. The molecule has 3 rings (SSSR count). The standard InChI is InChI=1S/C14H15N3O2/c1-8-5-6-12(13(18)16-8)17-7-10-9(14(17)19)3-2-4-11(10)15/h2-4,12H,1,5-7,15H2,(H,16,18)/t12-/m1/s1/i2D,3D,4D,6D2,7D2,12D. The molecule has 0 aromatic heterocycles. The maximum atomic E-state index is 12.9. The number of nitrogens with two attached hydrogens (primary N) is 1. The van der Waals surface area contributed by atoms with Crippen molar-refractivity contribution in [1.29, 1.82) is 0 Å². The Bertz CT molecular complexity index is 932. The summed E-state index contributed by atoms with van der Waals surface area (Å²) in [7, 11) is 0. The van der Waals surface area contributed by atoms with Crippen LogP contribution in [0, 0.1) is 0 Å². The van der Waals surface area contributed by atoms with Crippen LogP contribution >= 0.6 is 0 Å². The highest BCUT2D eigenvalue weighted by Crippen LogP contribution is 2.31. The minimum absolute atomic E-state index is 0.0276. The van der Waals surface area contributed by atoms with Crippen molar-refractivity contribution in [3.8, 4) is 0 Å². The fourth-order valence-electron chi connectivity index (χ4n) is 1.84. The number of piperidine rings is 1. The zero-order chi connectivity index (χ0) is 20.7. The van der Waals surface area contributed by atoms with E-state index in [1.54, 1.807) is 0 Å².